The number of fused-ring (bicyclic) bond motifs is 3. The van der Waals surface area contributed by atoms with Crippen molar-refractivity contribution in [2.45, 2.75) is 98.2 Å². The van der Waals surface area contributed by atoms with Crippen molar-refractivity contribution < 1.29 is 28.8 Å². The summed E-state index contributed by atoms with van der Waals surface area (Å²) in [6, 6.07) is 8.87. The summed E-state index contributed by atoms with van der Waals surface area (Å²) >= 11 is 0. The topological polar surface area (TPSA) is 76.1 Å². The highest BCUT2D eigenvalue weighted by Gasteiger charge is 2.38. The molecule has 0 aliphatic carbocycles. The van der Waals surface area contributed by atoms with Crippen LogP contribution >= 0.6 is 0 Å². The van der Waals surface area contributed by atoms with Crippen molar-refractivity contribution in [2.75, 3.05) is 62.1 Å². The summed E-state index contributed by atoms with van der Waals surface area (Å²) in [6.45, 7) is 16.4. The Balaban J connectivity index is 1.62. The Morgan fingerprint density at radius 2 is 0.981 bits per heavy atom. The Morgan fingerprint density at radius 1 is 0.537 bits per heavy atom. The molecule has 296 valence electrons. The lowest BCUT2D eigenvalue weighted by atomic mass is 9.86. The van der Waals surface area contributed by atoms with E-state index in [0.717, 1.165) is 74.8 Å². The van der Waals surface area contributed by atoms with Crippen LogP contribution < -0.4 is 23.7 Å². The molecule has 0 saturated heterocycles. The average Bonchev–Trinajstić information content (AvgIpc) is 3.12. The second-order valence-corrected chi connectivity index (χ2v) is 17.2. The van der Waals surface area contributed by atoms with Crippen LogP contribution in [-0.4, -0.2) is 81.9 Å². The maximum Gasteiger partial charge on any atom is 0.212 e. The minimum atomic E-state index is -0.0206. The van der Waals surface area contributed by atoms with E-state index in [1.54, 1.807) is 21.3 Å². The molecule has 0 spiro atoms. The van der Waals surface area contributed by atoms with E-state index >= 15 is 0 Å². The summed E-state index contributed by atoms with van der Waals surface area (Å²) in [6.07, 6.45) is 5.51. The lowest BCUT2D eigenvalue weighted by molar-refractivity contribution is 0.193. The fraction of sp³-hybridized carbons (Fsp3) is 0.600. The van der Waals surface area contributed by atoms with Gasteiger partial charge in [-0.25, -0.2) is 0 Å². The first-order valence-electron chi connectivity index (χ1n) is 20.1. The molecule has 0 amide bonds. The highest BCUT2D eigenvalue weighted by Crippen LogP contribution is 2.57. The van der Waals surface area contributed by atoms with Crippen molar-refractivity contribution in [3.05, 3.63) is 57.6 Å². The van der Waals surface area contributed by atoms with Crippen molar-refractivity contribution in [2.24, 2.45) is 17.8 Å². The Bertz CT molecular complexity index is 1810. The Labute approximate surface area is 324 Å². The van der Waals surface area contributed by atoms with Crippen LogP contribution in [0, 0.1) is 17.8 Å². The molecule has 3 aliphatic rings. The quantitative estimate of drug-likeness (QED) is 0.184. The van der Waals surface area contributed by atoms with E-state index < -0.39 is 0 Å². The van der Waals surface area contributed by atoms with Gasteiger partial charge < -0.3 is 28.8 Å². The number of likely N-dealkylation sites (N-methyl/N-ethyl adjacent to an activating group) is 3. The van der Waals surface area contributed by atoms with Gasteiger partial charge >= 0.3 is 0 Å². The summed E-state index contributed by atoms with van der Waals surface area (Å²) in [5.41, 5.74) is 6.97. The van der Waals surface area contributed by atoms with Gasteiger partial charge in [0.1, 0.15) is 0 Å². The van der Waals surface area contributed by atoms with Gasteiger partial charge in [-0.15, -0.1) is 0 Å². The average molecular weight is 744 g/mol. The Kier molecular flexibility index (Phi) is 12.3. The first kappa shape index (κ1) is 40.0. The molecule has 0 saturated carbocycles. The number of hydrogen-bond acceptors (Lipinski definition) is 9. The molecule has 0 aromatic heterocycles. The smallest absolute Gasteiger partial charge is 0.212 e. The molecule has 54 heavy (non-hydrogen) atoms. The van der Waals surface area contributed by atoms with Crippen LogP contribution in [0.4, 0.5) is 0 Å². The fourth-order valence-electron chi connectivity index (χ4n) is 9.00. The van der Waals surface area contributed by atoms with Crippen molar-refractivity contribution in [3.8, 4) is 46.0 Å². The first-order valence-corrected chi connectivity index (χ1v) is 20.1. The van der Waals surface area contributed by atoms with Gasteiger partial charge in [0.15, 0.2) is 34.5 Å². The van der Waals surface area contributed by atoms with Crippen LogP contribution in [0.1, 0.15) is 112 Å². The van der Waals surface area contributed by atoms with Crippen LogP contribution in [0.2, 0.25) is 0 Å². The van der Waals surface area contributed by atoms with Gasteiger partial charge in [-0.3, -0.25) is 14.7 Å². The Hall–Kier alpha value is -3.66. The van der Waals surface area contributed by atoms with Crippen molar-refractivity contribution in [1.82, 2.24) is 14.7 Å². The lowest BCUT2D eigenvalue weighted by Crippen LogP contribution is -2.34. The van der Waals surface area contributed by atoms with Gasteiger partial charge in [0.2, 0.25) is 11.5 Å². The number of hydrogen-bond donors (Lipinski definition) is 1. The van der Waals surface area contributed by atoms with E-state index in [1.165, 1.54) is 16.7 Å². The van der Waals surface area contributed by atoms with E-state index in [1.807, 2.05) is 6.07 Å². The molecular formula is C45H65N3O6. The number of methoxy groups -OCH3 is 3. The molecule has 3 atom stereocenters. The van der Waals surface area contributed by atoms with Crippen LogP contribution in [-0.2, 0) is 19.3 Å². The largest absolute Gasteiger partial charge is 0.502 e. The number of phenols is 1. The molecule has 3 aromatic carbocycles. The monoisotopic (exact) mass is 743 g/mol. The third kappa shape index (κ3) is 7.87. The van der Waals surface area contributed by atoms with Gasteiger partial charge in [-0.2, -0.15) is 0 Å². The van der Waals surface area contributed by atoms with Crippen LogP contribution in [0.3, 0.4) is 0 Å². The summed E-state index contributed by atoms with van der Waals surface area (Å²) < 4.78 is 32.6. The lowest BCUT2D eigenvalue weighted by Gasteiger charge is -2.39. The van der Waals surface area contributed by atoms with Gasteiger partial charge in [0.25, 0.3) is 0 Å². The normalized spacial score (nSPS) is 20.5. The number of benzene rings is 3. The summed E-state index contributed by atoms with van der Waals surface area (Å²) in [7, 11) is 11.6. The number of phenolic OH excluding ortho intramolecular Hbond substituents is 1. The maximum absolute atomic E-state index is 12.0. The maximum atomic E-state index is 12.0. The zero-order valence-electron chi connectivity index (χ0n) is 35.0. The number of rotatable bonds is 13. The molecule has 3 aliphatic heterocycles. The number of ether oxygens (including phenoxy) is 5. The second-order valence-electron chi connectivity index (χ2n) is 17.2. The van der Waals surface area contributed by atoms with Crippen molar-refractivity contribution >= 4 is 0 Å². The minimum Gasteiger partial charge on any atom is -0.502 e. The molecule has 6 rings (SSSR count). The molecule has 1 N–H and O–H groups in total. The summed E-state index contributed by atoms with van der Waals surface area (Å²) in [5, 5.41) is 12.0. The van der Waals surface area contributed by atoms with Gasteiger partial charge in [0, 0.05) is 48.9 Å². The van der Waals surface area contributed by atoms with E-state index in [2.05, 4.69) is 95.6 Å². The zero-order chi connectivity index (χ0) is 39.0. The standard InChI is InChI=1S/C45H65N3O6/c1-26(2)19-33-32-25-37(36(50-10)22-29(32)13-16-46(33)7)53-45-41-31(15-18-48(9)35(41)21-28(5)6)24-39(52-12)43(45)54-44-40-30(23-38(51-11)42(44)49)14-17-47(8)34(40)20-27(3)4/h22-28,33-35,49H,13-21H2,1-12H3/t33-,34+,35+/m1/s1. The third-order valence-electron chi connectivity index (χ3n) is 11.9. The SMILES string of the molecule is COc1cc2c(cc1Oc1c(Oc3c(O)c(OC)cc4c3[C@H](CC(C)C)N(C)CC4)c(OC)cc3c1[C@H](CC(C)C)N(C)CC3)[C@@H](CC(C)C)N(C)CC2. The molecule has 0 bridgehead atoms. The van der Waals surface area contributed by atoms with Gasteiger partial charge in [0.05, 0.1) is 21.3 Å². The number of aromatic hydroxyl groups is 1. The predicted molar refractivity (Wildman–Crippen MR) is 216 cm³/mol. The molecule has 0 radical (unpaired) electrons. The molecule has 0 unspecified atom stereocenters. The van der Waals surface area contributed by atoms with Crippen molar-refractivity contribution in [3.63, 3.8) is 0 Å². The van der Waals surface area contributed by atoms with Crippen molar-refractivity contribution in [1.29, 1.82) is 0 Å². The molecule has 9 heteroatoms. The van der Waals surface area contributed by atoms with Gasteiger partial charge in [-0.05, 0) is 124 Å². The highest BCUT2D eigenvalue weighted by molar-refractivity contribution is 5.67. The van der Waals surface area contributed by atoms with Crippen LogP contribution in [0.15, 0.2) is 24.3 Å². The molecule has 0 fully saturated rings. The Morgan fingerprint density at radius 3 is 1.50 bits per heavy atom. The highest BCUT2D eigenvalue weighted by atomic mass is 16.6. The predicted octanol–water partition coefficient (Wildman–Crippen LogP) is 9.73. The minimum absolute atomic E-state index is 0.0206. The molecular weight excluding hydrogens is 679 g/mol. The van der Waals surface area contributed by atoms with Crippen LogP contribution in [0.5, 0.6) is 46.0 Å². The molecule has 3 aromatic rings. The molecule has 3 heterocycles. The van der Waals surface area contributed by atoms with E-state index in [4.69, 9.17) is 23.7 Å². The third-order valence-corrected chi connectivity index (χ3v) is 11.9. The second kappa shape index (κ2) is 16.6. The van der Waals surface area contributed by atoms with E-state index in [-0.39, 0.29) is 23.9 Å². The van der Waals surface area contributed by atoms with E-state index in [0.29, 0.717) is 58.0 Å². The van der Waals surface area contributed by atoms with E-state index in [9.17, 15) is 5.11 Å². The summed E-state index contributed by atoms with van der Waals surface area (Å²) in [5.74, 6) is 5.11. The van der Waals surface area contributed by atoms with Gasteiger partial charge in [-0.1, -0.05) is 41.5 Å². The number of nitrogens with zero attached hydrogens (tertiary/aromatic N) is 3. The summed E-state index contributed by atoms with van der Waals surface area (Å²) in [4.78, 5) is 7.27. The fourth-order valence-corrected chi connectivity index (χ4v) is 9.00. The van der Waals surface area contributed by atoms with Crippen LogP contribution in [0.25, 0.3) is 0 Å². The first-order chi connectivity index (χ1) is 25.8. The zero-order valence-corrected chi connectivity index (χ0v) is 35.0. The molecule has 9 nitrogen and oxygen atoms in total.